The Morgan fingerprint density at radius 1 is 1.18 bits per heavy atom. The molecule has 1 amide bonds. The maximum Gasteiger partial charge on any atom is 0.267 e. The zero-order chi connectivity index (χ0) is 19.5. The summed E-state index contributed by atoms with van der Waals surface area (Å²) in [5.74, 6) is 0.587. The predicted octanol–water partition coefficient (Wildman–Crippen LogP) is 2.92. The summed E-state index contributed by atoms with van der Waals surface area (Å²) in [6.07, 6.45) is 4.79. The minimum Gasteiger partial charge on any atom is -0.419 e. The molecule has 0 spiro atoms. The molecule has 1 fully saturated rings. The minimum absolute atomic E-state index is 0.0651. The number of halogens is 1. The third kappa shape index (κ3) is 3.90. The van der Waals surface area contributed by atoms with E-state index in [1.54, 1.807) is 35.5 Å². The minimum atomic E-state index is -0.344. The lowest BCUT2D eigenvalue weighted by Gasteiger charge is -2.30. The Labute approximate surface area is 161 Å². The molecule has 28 heavy (non-hydrogen) atoms. The number of benzene rings is 1. The van der Waals surface area contributed by atoms with E-state index in [1.807, 2.05) is 6.92 Å². The highest BCUT2D eigenvalue weighted by molar-refractivity contribution is 5.79. The zero-order valence-corrected chi connectivity index (χ0v) is 15.5. The number of aromatic nitrogens is 4. The second-order valence-electron chi connectivity index (χ2n) is 6.91. The van der Waals surface area contributed by atoms with E-state index < -0.39 is 0 Å². The predicted molar refractivity (Wildman–Crippen MR) is 98.7 cm³/mol. The van der Waals surface area contributed by atoms with Gasteiger partial charge in [-0.25, -0.2) is 9.37 Å². The van der Waals surface area contributed by atoms with Crippen molar-refractivity contribution in [3.8, 4) is 11.6 Å². The van der Waals surface area contributed by atoms with Crippen molar-refractivity contribution in [1.82, 2.24) is 25.1 Å². The van der Waals surface area contributed by atoms with Crippen LogP contribution in [0.1, 0.15) is 35.9 Å². The molecule has 4 rings (SSSR count). The number of carbonyl (C=O) groups is 1. The van der Waals surface area contributed by atoms with Crippen molar-refractivity contribution in [1.29, 1.82) is 0 Å². The Bertz CT molecular complexity index is 965. The van der Waals surface area contributed by atoms with E-state index in [9.17, 15) is 9.18 Å². The van der Waals surface area contributed by atoms with Crippen LogP contribution in [0.5, 0.6) is 0 Å². The highest BCUT2D eigenvalue weighted by atomic mass is 19.1. The highest BCUT2D eigenvalue weighted by Gasteiger charge is 2.28. The lowest BCUT2D eigenvalue weighted by atomic mass is 9.96. The number of carbonyl (C=O) groups excluding carboxylic acids is 1. The monoisotopic (exact) mass is 381 g/mol. The number of hydrogen-bond acceptors (Lipinski definition) is 6. The smallest absolute Gasteiger partial charge is 0.267 e. The van der Waals surface area contributed by atoms with Gasteiger partial charge in [-0.05, 0) is 31.4 Å². The molecular formula is C20H20FN5O2. The van der Waals surface area contributed by atoms with Gasteiger partial charge in [-0.1, -0.05) is 18.2 Å². The molecule has 144 valence electrons. The van der Waals surface area contributed by atoms with E-state index >= 15 is 0 Å². The van der Waals surface area contributed by atoms with Crippen molar-refractivity contribution in [2.24, 2.45) is 0 Å². The molecule has 0 bridgehead atoms. The Hall–Kier alpha value is -3.16. The van der Waals surface area contributed by atoms with Crippen LogP contribution in [0.2, 0.25) is 0 Å². The molecule has 2 aromatic heterocycles. The van der Waals surface area contributed by atoms with Gasteiger partial charge in [0.25, 0.3) is 5.89 Å². The van der Waals surface area contributed by atoms with Gasteiger partial charge in [0.1, 0.15) is 11.5 Å². The van der Waals surface area contributed by atoms with Crippen LogP contribution >= 0.6 is 0 Å². The van der Waals surface area contributed by atoms with Crippen LogP contribution in [0, 0.1) is 12.7 Å². The number of likely N-dealkylation sites (tertiary alicyclic amines) is 1. The summed E-state index contributed by atoms with van der Waals surface area (Å²) < 4.78 is 19.5. The van der Waals surface area contributed by atoms with E-state index in [1.165, 1.54) is 6.07 Å². The van der Waals surface area contributed by atoms with Crippen molar-refractivity contribution in [3.63, 3.8) is 0 Å². The molecule has 0 N–H and O–H groups in total. The first kappa shape index (κ1) is 18.2. The van der Waals surface area contributed by atoms with Gasteiger partial charge in [0, 0.05) is 25.2 Å². The Kier molecular flexibility index (Phi) is 5.10. The Balaban J connectivity index is 1.36. The van der Waals surface area contributed by atoms with Gasteiger partial charge >= 0.3 is 0 Å². The lowest BCUT2D eigenvalue weighted by molar-refractivity contribution is -0.131. The van der Waals surface area contributed by atoms with Crippen LogP contribution in [0.4, 0.5) is 4.39 Å². The zero-order valence-electron chi connectivity index (χ0n) is 15.5. The molecule has 3 heterocycles. The first-order valence-electron chi connectivity index (χ1n) is 9.24. The van der Waals surface area contributed by atoms with Crippen molar-refractivity contribution in [2.45, 2.75) is 32.1 Å². The summed E-state index contributed by atoms with van der Waals surface area (Å²) in [6, 6.07) is 6.38. The molecule has 0 saturated carbocycles. The van der Waals surface area contributed by atoms with Crippen molar-refractivity contribution >= 4 is 5.91 Å². The number of piperidine rings is 1. The SMILES string of the molecule is Cc1cnc(-c2nnc(C3CCN(C(=O)Cc4ccccc4F)CC3)o2)cn1. The van der Waals surface area contributed by atoms with Gasteiger partial charge in [0.15, 0.2) is 0 Å². The molecule has 0 radical (unpaired) electrons. The van der Waals surface area contributed by atoms with Crippen LogP contribution in [-0.2, 0) is 11.2 Å². The third-order valence-corrected chi connectivity index (χ3v) is 4.94. The lowest BCUT2D eigenvalue weighted by Crippen LogP contribution is -2.39. The van der Waals surface area contributed by atoms with Gasteiger partial charge in [0.2, 0.25) is 11.8 Å². The van der Waals surface area contributed by atoms with E-state index in [2.05, 4.69) is 20.2 Å². The van der Waals surface area contributed by atoms with Gasteiger partial charge in [-0.2, -0.15) is 0 Å². The third-order valence-electron chi connectivity index (χ3n) is 4.94. The summed E-state index contributed by atoms with van der Waals surface area (Å²) >= 11 is 0. The Morgan fingerprint density at radius 2 is 1.96 bits per heavy atom. The summed E-state index contributed by atoms with van der Waals surface area (Å²) in [7, 11) is 0. The second-order valence-corrected chi connectivity index (χ2v) is 6.91. The van der Waals surface area contributed by atoms with Gasteiger partial charge in [0.05, 0.1) is 18.3 Å². The first-order chi connectivity index (χ1) is 13.6. The van der Waals surface area contributed by atoms with Crippen LogP contribution in [0.3, 0.4) is 0 Å². The van der Waals surface area contributed by atoms with Gasteiger partial charge < -0.3 is 9.32 Å². The fourth-order valence-electron chi connectivity index (χ4n) is 3.30. The van der Waals surface area contributed by atoms with Crippen LogP contribution in [-0.4, -0.2) is 44.1 Å². The van der Waals surface area contributed by atoms with E-state index in [-0.39, 0.29) is 24.1 Å². The maximum atomic E-state index is 13.8. The number of amides is 1. The molecule has 1 aliphatic heterocycles. The average Bonchev–Trinajstić information content (AvgIpc) is 3.20. The van der Waals surface area contributed by atoms with Gasteiger partial charge in [-0.15, -0.1) is 10.2 Å². The molecule has 7 nitrogen and oxygen atoms in total. The molecule has 0 atom stereocenters. The number of hydrogen-bond donors (Lipinski definition) is 0. The van der Waals surface area contributed by atoms with Crippen molar-refractivity contribution in [2.75, 3.05) is 13.1 Å². The van der Waals surface area contributed by atoms with E-state index in [0.717, 1.165) is 18.5 Å². The number of nitrogens with zero attached hydrogens (tertiary/aromatic N) is 5. The molecule has 8 heteroatoms. The quantitative estimate of drug-likeness (QED) is 0.691. The van der Waals surface area contributed by atoms with Crippen molar-refractivity contribution < 1.29 is 13.6 Å². The van der Waals surface area contributed by atoms with Crippen molar-refractivity contribution in [3.05, 3.63) is 59.6 Å². The normalized spacial score (nSPS) is 15.0. The topological polar surface area (TPSA) is 85.0 Å². The molecule has 0 aliphatic carbocycles. The highest BCUT2D eigenvalue weighted by Crippen LogP contribution is 2.29. The summed E-state index contributed by atoms with van der Waals surface area (Å²) in [5.41, 5.74) is 1.79. The van der Waals surface area contributed by atoms with E-state index in [4.69, 9.17) is 4.42 Å². The molecular weight excluding hydrogens is 361 g/mol. The summed E-state index contributed by atoms with van der Waals surface area (Å²) in [4.78, 5) is 22.7. The van der Waals surface area contributed by atoms with Crippen LogP contribution in [0.25, 0.3) is 11.6 Å². The van der Waals surface area contributed by atoms with Crippen LogP contribution < -0.4 is 0 Å². The molecule has 3 aromatic rings. The standard InChI is InChI=1S/C20H20FN5O2/c1-13-11-23-17(12-22-13)20-25-24-19(28-20)14-6-8-26(9-7-14)18(27)10-15-4-2-3-5-16(15)21/h2-5,11-12,14H,6-10H2,1H3. The fourth-order valence-corrected chi connectivity index (χ4v) is 3.30. The molecule has 0 unspecified atom stereocenters. The first-order valence-corrected chi connectivity index (χ1v) is 9.24. The fraction of sp³-hybridized carbons (Fsp3) is 0.350. The largest absolute Gasteiger partial charge is 0.419 e. The van der Waals surface area contributed by atoms with E-state index in [0.29, 0.717) is 36.1 Å². The average molecular weight is 381 g/mol. The molecule has 1 aromatic carbocycles. The number of aryl methyl sites for hydroxylation is 1. The van der Waals surface area contributed by atoms with Gasteiger partial charge in [-0.3, -0.25) is 9.78 Å². The molecule has 1 aliphatic rings. The molecule has 1 saturated heterocycles. The summed E-state index contributed by atoms with van der Waals surface area (Å²) in [6.45, 7) is 3.03. The second kappa shape index (κ2) is 7.84. The number of rotatable bonds is 4. The summed E-state index contributed by atoms with van der Waals surface area (Å²) in [5, 5.41) is 8.22. The Morgan fingerprint density at radius 3 is 2.68 bits per heavy atom. The van der Waals surface area contributed by atoms with Crippen LogP contribution in [0.15, 0.2) is 41.1 Å². The maximum absolute atomic E-state index is 13.8.